The van der Waals surface area contributed by atoms with Gasteiger partial charge in [-0.05, 0) is 12.5 Å². The fraction of sp³-hybridized carbons (Fsp3) is 0.385. The van der Waals surface area contributed by atoms with E-state index in [2.05, 4.69) is 5.32 Å². The monoisotopic (exact) mass is 302 g/mol. The average molecular weight is 303 g/mol. The molecule has 1 heterocycles. The van der Waals surface area contributed by atoms with E-state index < -0.39 is 29.5 Å². The van der Waals surface area contributed by atoms with Crippen molar-refractivity contribution in [3.05, 3.63) is 28.8 Å². The van der Waals surface area contributed by atoms with E-state index in [9.17, 15) is 18.4 Å². The highest BCUT2D eigenvalue weighted by Crippen LogP contribution is 2.31. The minimum absolute atomic E-state index is 0.235. The number of piperazine rings is 1. The summed E-state index contributed by atoms with van der Waals surface area (Å²) in [7, 11) is 0. The zero-order valence-corrected chi connectivity index (χ0v) is 11.5. The molecule has 1 aliphatic rings. The molecular weight excluding hydrogens is 290 g/mol. The molecule has 0 saturated carbocycles. The first-order chi connectivity index (χ1) is 9.43. The lowest BCUT2D eigenvalue weighted by Gasteiger charge is -2.33. The van der Waals surface area contributed by atoms with Gasteiger partial charge in [-0.2, -0.15) is 0 Å². The second-order valence-electron chi connectivity index (χ2n) is 4.55. The zero-order valence-electron chi connectivity index (χ0n) is 10.8. The van der Waals surface area contributed by atoms with E-state index >= 15 is 0 Å². The third kappa shape index (κ3) is 2.75. The van der Waals surface area contributed by atoms with Gasteiger partial charge in [-0.15, -0.1) is 0 Å². The third-order valence-electron chi connectivity index (χ3n) is 3.03. The van der Waals surface area contributed by atoms with E-state index in [-0.39, 0.29) is 17.3 Å². The first-order valence-corrected chi connectivity index (χ1v) is 6.57. The number of benzene rings is 1. The highest BCUT2D eigenvalue weighted by atomic mass is 35.5. The van der Waals surface area contributed by atoms with Crippen LogP contribution in [-0.4, -0.2) is 24.4 Å². The fourth-order valence-corrected chi connectivity index (χ4v) is 2.47. The Morgan fingerprint density at radius 3 is 2.70 bits per heavy atom. The molecule has 1 fully saturated rings. The maximum Gasteiger partial charge on any atom is 0.250 e. The van der Waals surface area contributed by atoms with Crippen molar-refractivity contribution in [3.8, 4) is 0 Å². The van der Waals surface area contributed by atoms with Gasteiger partial charge >= 0.3 is 0 Å². The SMILES string of the molecule is CCCC1NC(=O)CN(c2c(F)cc(F)cc2Cl)C1=O. The Bertz CT molecular complexity index is 542. The van der Waals surface area contributed by atoms with Gasteiger partial charge in [0.15, 0.2) is 5.82 Å². The number of amides is 2. The lowest BCUT2D eigenvalue weighted by Crippen LogP contribution is -2.58. The van der Waals surface area contributed by atoms with Crippen LogP contribution in [0.25, 0.3) is 0 Å². The quantitative estimate of drug-likeness (QED) is 0.931. The number of halogens is 3. The maximum atomic E-state index is 13.9. The van der Waals surface area contributed by atoms with Crippen molar-refractivity contribution in [3.63, 3.8) is 0 Å². The molecule has 1 aromatic rings. The summed E-state index contributed by atoms with van der Waals surface area (Å²) in [6.45, 7) is 1.53. The smallest absolute Gasteiger partial charge is 0.250 e. The molecule has 108 valence electrons. The molecule has 2 amide bonds. The van der Waals surface area contributed by atoms with Gasteiger partial charge in [-0.3, -0.25) is 14.5 Å². The number of hydrogen-bond donors (Lipinski definition) is 1. The summed E-state index contributed by atoms with van der Waals surface area (Å²) in [5, 5.41) is 2.31. The predicted octanol–water partition coefficient (Wildman–Crippen LogP) is 2.25. The Balaban J connectivity index is 2.40. The Morgan fingerprint density at radius 2 is 2.10 bits per heavy atom. The van der Waals surface area contributed by atoms with Gasteiger partial charge in [0.25, 0.3) is 0 Å². The lowest BCUT2D eigenvalue weighted by molar-refractivity contribution is -0.131. The molecule has 1 N–H and O–H groups in total. The molecular formula is C13H13ClF2N2O2. The molecule has 2 rings (SSSR count). The van der Waals surface area contributed by atoms with Crippen molar-refractivity contribution < 1.29 is 18.4 Å². The highest BCUT2D eigenvalue weighted by molar-refractivity contribution is 6.34. The molecule has 1 aromatic carbocycles. The van der Waals surface area contributed by atoms with E-state index in [1.165, 1.54) is 0 Å². The lowest BCUT2D eigenvalue weighted by atomic mass is 10.1. The first kappa shape index (κ1) is 14.7. The highest BCUT2D eigenvalue weighted by Gasteiger charge is 2.35. The number of nitrogens with zero attached hydrogens (tertiary/aromatic N) is 1. The van der Waals surface area contributed by atoms with E-state index in [1.54, 1.807) is 0 Å². The van der Waals surface area contributed by atoms with Crippen LogP contribution >= 0.6 is 11.6 Å². The first-order valence-electron chi connectivity index (χ1n) is 6.19. The summed E-state index contributed by atoms with van der Waals surface area (Å²) in [5.41, 5.74) is -0.256. The molecule has 4 nitrogen and oxygen atoms in total. The Hall–Kier alpha value is -1.69. The average Bonchev–Trinajstić information content (AvgIpc) is 2.33. The van der Waals surface area contributed by atoms with Crippen molar-refractivity contribution in [1.82, 2.24) is 5.32 Å². The largest absolute Gasteiger partial charge is 0.343 e. The zero-order chi connectivity index (χ0) is 14.9. The van der Waals surface area contributed by atoms with E-state index in [0.29, 0.717) is 18.9 Å². The summed E-state index contributed by atoms with van der Waals surface area (Å²) >= 11 is 5.80. The Kier molecular flexibility index (Phi) is 4.23. The van der Waals surface area contributed by atoms with E-state index in [0.717, 1.165) is 11.0 Å². The van der Waals surface area contributed by atoms with Gasteiger partial charge in [0, 0.05) is 6.07 Å². The number of hydrogen-bond acceptors (Lipinski definition) is 2. The number of carbonyl (C=O) groups excluding carboxylic acids is 2. The molecule has 0 spiro atoms. The second kappa shape index (κ2) is 5.75. The number of anilines is 1. The second-order valence-corrected chi connectivity index (χ2v) is 4.96. The van der Waals surface area contributed by atoms with Crippen molar-refractivity contribution in [1.29, 1.82) is 0 Å². The molecule has 1 saturated heterocycles. The molecule has 7 heteroatoms. The van der Waals surface area contributed by atoms with Crippen molar-refractivity contribution in [2.24, 2.45) is 0 Å². The molecule has 0 bridgehead atoms. The van der Waals surface area contributed by atoms with Gasteiger partial charge < -0.3 is 5.32 Å². The van der Waals surface area contributed by atoms with E-state index in [4.69, 9.17) is 11.6 Å². The van der Waals surface area contributed by atoms with Gasteiger partial charge in [0.2, 0.25) is 11.8 Å². The maximum absolute atomic E-state index is 13.9. The Morgan fingerprint density at radius 1 is 1.40 bits per heavy atom. The van der Waals surface area contributed by atoms with Crippen LogP contribution in [0.2, 0.25) is 5.02 Å². The number of carbonyl (C=O) groups is 2. The molecule has 1 atom stereocenters. The summed E-state index contributed by atoms with van der Waals surface area (Å²) < 4.78 is 26.9. The van der Waals surface area contributed by atoms with Crippen LogP contribution in [0.1, 0.15) is 19.8 Å². The van der Waals surface area contributed by atoms with E-state index in [1.807, 2.05) is 6.92 Å². The molecule has 20 heavy (non-hydrogen) atoms. The molecule has 0 aliphatic carbocycles. The van der Waals surface area contributed by atoms with Crippen molar-refractivity contribution in [2.75, 3.05) is 11.4 Å². The third-order valence-corrected chi connectivity index (χ3v) is 3.32. The van der Waals surface area contributed by atoms with Crippen LogP contribution in [0.3, 0.4) is 0 Å². The molecule has 0 radical (unpaired) electrons. The van der Waals surface area contributed by atoms with Crippen LogP contribution in [-0.2, 0) is 9.59 Å². The van der Waals surface area contributed by atoms with Crippen LogP contribution in [0.4, 0.5) is 14.5 Å². The van der Waals surface area contributed by atoms with Gasteiger partial charge in [-0.1, -0.05) is 24.9 Å². The van der Waals surface area contributed by atoms with Crippen LogP contribution < -0.4 is 10.2 Å². The summed E-state index contributed by atoms with van der Waals surface area (Å²) in [4.78, 5) is 24.8. The topological polar surface area (TPSA) is 49.4 Å². The van der Waals surface area contributed by atoms with Crippen molar-refractivity contribution >= 4 is 29.1 Å². The molecule has 1 unspecified atom stereocenters. The fourth-order valence-electron chi connectivity index (χ4n) is 2.18. The minimum atomic E-state index is -0.965. The molecule has 1 aliphatic heterocycles. The Labute approximate surface area is 119 Å². The number of nitrogens with one attached hydrogen (secondary N) is 1. The van der Waals surface area contributed by atoms with Gasteiger partial charge in [-0.25, -0.2) is 8.78 Å². The normalized spacial score (nSPS) is 19.2. The minimum Gasteiger partial charge on any atom is -0.343 e. The summed E-state index contributed by atoms with van der Waals surface area (Å²) in [5.74, 6) is -2.65. The predicted molar refractivity (Wildman–Crippen MR) is 70.6 cm³/mol. The number of rotatable bonds is 3. The standard InChI is InChI=1S/C13H13ClF2N2O2/c1-2-3-10-13(20)18(6-11(19)17-10)12-8(14)4-7(15)5-9(12)16/h4-5,10H,2-3,6H2,1H3,(H,17,19). The summed E-state index contributed by atoms with van der Waals surface area (Å²) in [6, 6.07) is 0.839. The van der Waals surface area contributed by atoms with Gasteiger partial charge in [0.1, 0.15) is 18.4 Å². The van der Waals surface area contributed by atoms with Gasteiger partial charge in [0.05, 0.1) is 10.7 Å². The van der Waals surface area contributed by atoms with Crippen LogP contribution in [0.5, 0.6) is 0 Å². The van der Waals surface area contributed by atoms with Crippen molar-refractivity contribution in [2.45, 2.75) is 25.8 Å². The van der Waals surface area contributed by atoms with Crippen LogP contribution in [0, 0.1) is 11.6 Å². The summed E-state index contributed by atoms with van der Waals surface area (Å²) in [6.07, 6.45) is 1.13. The van der Waals surface area contributed by atoms with Crippen LogP contribution in [0.15, 0.2) is 12.1 Å². The molecule has 0 aromatic heterocycles.